The molecule has 0 saturated heterocycles. The number of nitrogens with one attached hydrogen (secondary N) is 2. The number of guanidine groups is 1. The zero-order valence-corrected chi connectivity index (χ0v) is 8.01. The van der Waals surface area contributed by atoms with E-state index in [0.717, 1.165) is 0 Å². The summed E-state index contributed by atoms with van der Waals surface area (Å²) in [5.41, 5.74) is 7.80. The van der Waals surface area contributed by atoms with E-state index in [-0.39, 0.29) is 24.2 Å². The zero-order chi connectivity index (χ0) is 9.68. The minimum atomic E-state index is -0.327. The lowest BCUT2D eigenvalue weighted by molar-refractivity contribution is 0.627. The molecule has 0 spiro atoms. The molecule has 0 radical (unpaired) electrons. The van der Waals surface area contributed by atoms with Gasteiger partial charge in [-0.25, -0.2) is 9.82 Å². The van der Waals surface area contributed by atoms with E-state index in [4.69, 9.17) is 11.1 Å². The van der Waals surface area contributed by atoms with Crippen molar-refractivity contribution in [1.29, 1.82) is 5.41 Å². The number of nitrogens with zero attached hydrogens (tertiary/aromatic N) is 1. The zero-order valence-electron chi connectivity index (χ0n) is 7.20. The molecule has 1 aromatic carbocycles. The van der Waals surface area contributed by atoms with Crippen LogP contribution in [0.15, 0.2) is 29.4 Å². The van der Waals surface area contributed by atoms with Crippen LogP contribution in [-0.2, 0) is 0 Å². The average molecular weight is 217 g/mol. The number of hydrogen-bond acceptors (Lipinski definition) is 2. The molecule has 4 N–H and O–H groups in total. The van der Waals surface area contributed by atoms with Crippen LogP contribution in [0.3, 0.4) is 0 Å². The predicted octanol–water partition coefficient (Wildman–Crippen LogP) is 1.06. The molecular weight excluding hydrogens is 207 g/mol. The predicted molar refractivity (Wildman–Crippen MR) is 56.3 cm³/mol. The highest BCUT2D eigenvalue weighted by Gasteiger charge is 1.90. The van der Waals surface area contributed by atoms with Crippen LogP contribution in [0.2, 0.25) is 0 Å². The van der Waals surface area contributed by atoms with Gasteiger partial charge in [-0.15, -0.1) is 12.4 Å². The van der Waals surface area contributed by atoms with Gasteiger partial charge in [-0.1, -0.05) is 12.1 Å². The van der Waals surface area contributed by atoms with Gasteiger partial charge in [-0.05, 0) is 17.7 Å². The standard InChI is InChI=1S/C8H9FN4.ClH/c9-7-3-1-2-6(4-7)5-12-13-8(10)11;/h1-5H,(H4,10,11,13);1H. The molecule has 0 unspecified atom stereocenters. The third-order valence-corrected chi connectivity index (χ3v) is 1.25. The Morgan fingerprint density at radius 1 is 1.57 bits per heavy atom. The number of halogens is 2. The maximum atomic E-state index is 12.6. The first-order valence-electron chi connectivity index (χ1n) is 3.57. The number of nitrogens with two attached hydrogens (primary N) is 1. The Hall–Kier alpha value is -1.62. The fourth-order valence-electron chi connectivity index (χ4n) is 0.763. The van der Waals surface area contributed by atoms with Crippen LogP contribution < -0.4 is 11.2 Å². The SMILES string of the molecule is Cl.N=C(N)NN=Cc1cccc(F)c1. The molecule has 0 fully saturated rings. The van der Waals surface area contributed by atoms with Crippen LogP contribution in [0.25, 0.3) is 0 Å². The Labute approximate surface area is 86.9 Å². The van der Waals surface area contributed by atoms with Crippen molar-refractivity contribution in [2.45, 2.75) is 0 Å². The first-order valence-corrected chi connectivity index (χ1v) is 3.57. The molecule has 0 aliphatic rings. The van der Waals surface area contributed by atoms with Crippen molar-refractivity contribution in [2.75, 3.05) is 0 Å². The van der Waals surface area contributed by atoms with Crippen molar-refractivity contribution in [2.24, 2.45) is 10.8 Å². The molecule has 76 valence electrons. The highest BCUT2D eigenvalue weighted by Crippen LogP contribution is 1.99. The number of hydrazone groups is 1. The summed E-state index contributed by atoms with van der Waals surface area (Å²) in [5, 5.41) is 10.4. The average Bonchev–Trinajstić information content (AvgIpc) is 2.03. The van der Waals surface area contributed by atoms with Crippen LogP contribution in [0.4, 0.5) is 4.39 Å². The molecule has 0 aromatic heterocycles. The van der Waals surface area contributed by atoms with Crippen molar-refractivity contribution in [3.8, 4) is 0 Å². The Bertz CT molecular complexity index is 340. The van der Waals surface area contributed by atoms with Crippen LogP contribution in [-0.4, -0.2) is 12.2 Å². The second-order valence-electron chi connectivity index (χ2n) is 2.34. The minimum Gasteiger partial charge on any atom is -0.369 e. The first-order chi connectivity index (χ1) is 6.18. The monoisotopic (exact) mass is 216 g/mol. The van der Waals surface area contributed by atoms with E-state index >= 15 is 0 Å². The van der Waals surface area contributed by atoms with Gasteiger partial charge in [0.1, 0.15) is 5.82 Å². The second kappa shape index (κ2) is 5.93. The van der Waals surface area contributed by atoms with E-state index in [0.29, 0.717) is 5.56 Å². The highest BCUT2D eigenvalue weighted by molar-refractivity contribution is 5.85. The van der Waals surface area contributed by atoms with E-state index in [1.165, 1.54) is 18.3 Å². The summed E-state index contributed by atoms with van der Waals surface area (Å²) in [6.07, 6.45) is 1.38. The lowest BCUT2D eigenvalue weighted by atomic mass is 10.2. The molecule has 0 aliphatic heterocycles. The van der Waals surface area contributed by atoms with Crippen molar-refractivity contribution < 1.29 is 4.39 Å². The molecule has 1 aromatic rings. The van der Waals surface area contributed by atoms with Crippen molar-refractivity contribution >= 4 is 24.6 Å². The van der Waals surface area contributed by atoms with Gasteiger partial charge in [0.25, 0.3) is 0 Å². The van der Waals surface area contributed by atoms with Gasteiger partial charge in [-0.2, -0.15) is 5.10 Å². The van der Waals surface area contributed by atoms with Gasteiger partial charge < -0.3 is 5.73 Å². The Kier molecular flexibility index (Phi) is 5.24. The van der Waals surface area contributed by atoms with Gasteiger partial charge >= 0.3 is 0 Å². The molecule has 0 bridgehead atoms. The van der Waals surface area contributed by atoms with Crippen molar-refractivity contribution in [3.05, 3.63) is 35.6 Å². The molecule has 6 heteroatoms. The summed E-state index contributed by atoms with van der Waals surface area (Å²) in [7, 11) is 0. The molecular formula is C8H10ClFN4. The number of benzene rings is 1. The van der Waals surface area contributed by atoms with Gasteiger partial charge in [-0.3, -0.25) is 5.41 Å². The summed E-state index contributed by atoms with van der Waals surface area (Å²) in [5.74, 6) is -0.584. The molecule has 1 rings (SSSR count). The van der Waals surface area contributed by atoms with Crippen molar-refractivity contribution in [1.82, 2.24) is 5.43 Å². The molecule has 14 heavy (non-hydrogen) atoms. The van der Waals surface area contributed by atoms with Gasteiger partial charge in [0.2, 0.25) is 5.96 Å². The molecule has 0 atom stereocenters. The van der Waals surface area contributed by atoms with E-state index in [1.807, 2.05) is 0 Å². The second-order valence-corrected chi connectivity index (χ2v) is 2.34. The Morgan fingerprint density at radius 2 is 2.29 bits per heavy atom. The van der Waals surface area contributed by atoms with E-state index in [9.17, 15) is 4.39 Å². The number of hydrogen-bond donors (Lipinski definition) is 3. The van der Waals surface area contributed by atoms with E-state index < -0.39 is 0 Å². The smallest absolute Gasteiger partial charge is 0.206 e. The summed E-state index contributed by atoms with van der Waals surface area (Å²) < 4.78 is 12.6. The van der Waals surface area contributed by atoms with Crippen LogP contribution in [0, 0.1) is 11.2 Å². The van der Waals surface area contributed by atoms with Crippen molar-refractivity contribution in [3.63, 3.8) is 0 Å². The third-order valence-electron chi connectivity index (χ3n) is 1.25. The normalized spacial score (nSPS) is 9.50. The van der Waals surface area contributed by atoms with Gasteiger partial charge in [0.05, 0.1) is 6.21 Å². The number of rotatable bonds is 2. The maximum absolute atomic E-state index is 12.6. The molecule has 4 nitrogen and oxygen atoms in total. The van der Waals surface area contributed by atoms with Crippen LogP contribution >= 0.6 is 12.4 Å². The largest absolute Gasteiger partial charge is 0.369 e. The van der Waals surface area contributed by atoms with Crippen LogP contribution in [0.5, 0.6) is 0 Å². The van der Waals surface area contributed by atoms with Gasteiger partial charge in [0.15, 0.2) is 0 Å². The summed E-state index contributed by atoms with van der Waals surface area (Å²) in [6, 6.07) is 5.93. The summed E-state index contributed by atoms with van der Waals surface area (Å²) >= 11 is 0. The summed E-state index contributed by atoms with van der Waals surface area (Å²) in [4.78, 5) is 0. The fraction of sp³-hybridized carbons (Fsp3) is 0. The fourth-order valence-corrected chi connectivity index (χ4v) is 0.763. The topological polar surface area (TPSA) is 74.3 Å². The molecule has 0 aliphatic carbocycles. The molecule has 0 heterocycles. The summed E-state index contributed by atoms with van der Waals surface area (Å²) in [6.45, 7) is 0. The quantitative estimate of drug-likeness (QED) is 0.393. The molecule has 0 amide bonds. The Morgan fingerprint density at radius 3 is 2.86 bits per heavy atom. The third kappa shape index (κ3) is 4.42. The van der Waals surface area contributed by atoms with Crippen LogP contribution in [0.1, 0.15) is 5.56 Å². The minimum absolute atomic E-state index is 0. The molecule has 0 saturated carbocycles. The van der Waals surface area contributed by atoms with E-state index in [1.54, 1.807) is 12.1 Å². The maximum Gasteiger partial charge on any atom is 0.206 e. The Balaban J connectivity index is 0.00000169. The lowest BCUT2D eigenvalue weighted by Gasteiger charge is -1.94. The van der Waals surface area contributed by atoms with E-state index in [2.05, 4.69) is 10.5 Å². The first kappa shape index (κ1) is 12.4. The van der Waals surface area contributed by atoms with Gasteiger partial charge in [0, 0.05) is 0 Å². The highest BCUT2D eigenvalue weighted by atomic mass is 35.5. The lowest BCUT2D eigenvalue weighted by Crippen LogP contribution is -2.25.